The van der Waals surface area contributed by atoms with Crippen LogP contribution >= 0.6 is 11.3 Å². The van der Waals surface area contributed by atoms with Crippen LogP contribution in [-0.2, 0) is 11.3 Å². The molecule has 0 spiro atoms. The number of likely N-dealkylation sites (N-methyl/N-ethyl adjacent to an activating group) is 1. The molecule has 0 unspecified atom stereocenters. The second-order valence-corrected chi connectivity index (χ2v) is 6.86. The summed E-state index contributed by atoms with van der Waals surface area (Å²) >= 11 is 1.45. The quantitative estimate of drug-likeness (QED) is 0.705. The van der Waals surface area contributed by atoms with E-state index in [-0.39, 0.29) is 18.0 Å². The third kappa shape index (κ3) is 3.32. The number of benzene rings is 1. The standard InChI is InChI=1S/C18H20N4O2S/c1-4-21(5-2)14(23)11-22-18(24)16-17(25-12(3)19-16)15(20-22)13-9-7-6-8-10-13/h6-10H,4-5,11H2,1-3H3. The lowest BCUT2D eigenvalue weighted by Gasteiger charge is -2.19. The van der Waals surface area contributed by atoms with Gasteiger partial charge in [0.1, 0.15) is 12.2 Å². The van der Waals surface area contributed by atoms with Gasteiger partial charge in [-0.2, -0.15) is 5.10 Å². The molecule has 1 aromatic carbocycles. The first-order valence-corrected chi connectivity index (χ1v) is 9.08. The van der Waals surface area contributed by atoms with Gasteiger partial charge in [0.25, 0.3) is 5.56 Å². The Morgan fingerprint density at radius 2 is 1.88 bits per heavy atom. The molecule has 130 valence electrons. The van der Waals surface area contributed by atoms with Crippen LogP contribution < -0.4 is 5.56 Å². The van der Waals surface area contributed by atoms with E-state index in [2.05, 4.69) is 10.1 Å². The molecule has 0 N–H and O–H groups in total. The number of hydrogen-bond acceptors (Lipinski definition) is 5. The molecule has 0 saturated heterocycles. The van der Waals surface area contributed by atoms with Crippen molar-refractivity contribution >= 4 is 27.5 Å². The topological polar surface area (TPSA) is 68.1 Å². The van der Waals surface area contributed by atoms with Crippen LogP contribution in [0.1, 0.15) is 18.9 Å². The zero-order chi connectivity index (χ0) is 18.0. The first-order chi connectivity index (χ1) is 12.0. The zero-order valence-electron chi connectivity index (χ0n) is 14.5. The summed E-state index contributed by atoms with van der Waals surface area (Å²) in [6.07, 6.45) is 0. The molecule has 2 heterocycles. The van der Waals surface area contributed by atoms with Crippen molar-refractivity contribution in [2.24, 2.45) is 0 Å². The van der Waals surface area contributed by atoms with Gasteiger partial charge in [-0.3, -0.25) is 9.59 Å². The highest BCUT2D eigenvalue weighted by Gasteiger charge is 2.19. The molecule has 6 nitrogen and oxygen atoms in total. The summed E-state index contributed by atoms with van der Waals surface area (Å²) in [7, 11) is 0. The van der Waals surface area contributed by atoms with Crippen molar-refractivity contribution in [3.63, 3.8) is 0 Å². The third-order valence-electron chi connectivity index (χ3n) is 4.06. The second kappa shape index (κ2) is 7.14. The molecular formula is C18H20N4O2S. The Kier molecular flexibility index (Phi) is 4.94. The van der Waals surface area contributed by atoms with Crippen LogP contribution in [-0.4, -0.2) is 38.7 Å². The van der Waals surface area contributed by atoms with Crippen molar-refractivity contribution in [2.75, 3.05) is 13.1 Å². The van der Waals surface area contributed by atoms with Crippen molar-refractivity contribution in [2.45, 2.75) is 27.3 Å². The highest BCUT2D eigenvalue weighted by atomic mass is 32.1. The molecule has 0 bridgehead atoms. The fourth-order valence-corrected chi connectivity index (χ4v) is 3.68. The van der Waals surface area contributed by atoms with Gasteiger partial charge < -0.3 is 4.90 Å². The highest BCUT2D eigenvalue weighted by Crippen LogP contribution is 2.29. The Bertz CT molecular complexity index is 958. The van der Waals surface area contributed by atoms with Crippen molar-refractivity contribution in [1.29, 1.82) is 0 Å². The molecule has 0 fully saturated rings. The Morgan fingerprint density at radius 3 is 2.52 bits per heavy atom. The largest absolute Gasteiger partial charge is 0.342 e. The van der Waals surface area contributed by atoms with Gasteiger partial charge in [0, 0.05) is 18.7 Å². The van der Waals surface area contributed by atoms with E-state index in [1.807, 2.05) is 51.1 Å². The Labute approximate surface area is 149 Å². The minimum absolute atomic E-state index is 0.0765. The first kappa shape index (κ1) is 17.3. The number of aromatic nitrogens is 3. The number of amides is 1. The number of fused-ring (bicyclic) bond motifs is 1. The highest BCUT2D eigenvalue weighted by molar-refractivity contribution is 7.19. The zero-order valence-corrected chi connectivity index (χ0v) is 15.3. The molecule has 3 aromatic rings. The van der Waals surface area contributed by atoms with Crippen LogP contribution in [0.2, 0.25) is 0 Å². The van der Waals surface area contributed by atoms with E-state index in [0.717, 1.165) is 15.3 Å². The molecule has 0 atom stereocenters. The number of nitrogens with zero attached hydrogens (tertiary/aromatic N) is 4. The molecule has 1 amide bonds. The molecule has 2 aromatic heterocycles. The van der Waals surface area contributed by atoms with E-state index in [0.29, 0.717) is 24.3 Å². The average Bonchev–Trinajstić information content (AvgIpc) is 3.01. The van der Waals surface area contributed by atoms with Crippen LogP contribution in [0.4, 0.5) is 0 Å². The maximum Gasteiger partial charge on any atom is 0.294 e. The predicted octanol–water partition coefficient (Wildman–Crippen LogP) is 2.70. The average molecular weight is 356 g/mol. The van der Waals surface area contributed by atoms with Gasteiger partial charge in [0.15, 0.2) is 5.52 Å². The molecule has 25 heavy (non-hydrogen) atoms. The minimum atomic E-state index is -0.320. The summed E-state index contributed by atoms with van der Waals surface area (Å²) in [5.74, 6) is -0.120. The number of aryl methyl sites for hydroxylation is 1. The number of carbonyl (C=O) groups excluding carboxylic acids is 1. The molecule has 3 rings (SSSR count). The lowest BCUT2D eigenvalue weighted by atomic mass is 10.1. The molecule has 0 radical (unpaired) electrons. The van der Waals surface area contributed by atoms with Gasteiger partial charge in [-0.15, -0.1) is 11.3 Å². The van der Waals surface area contributed by atoms with Gasteiger partial charge in [-0.1, -0.05) is 30.3 Å². The van der Waals surface area contributed by atoms with Crippen LogP contribution in [0.25, 0.3) is 21.5 Å². The first-order valence-electron chi connectivity index (χ1n) is 8.26. The summed E-state index contributed by atoms with van der Waals surface area (Å²) in [5.41, 5.74) is 1.65. The second-order valence-electron chi connectivity index (χ2n) is 5.65. The van der Waals surface area contributed by atoms with E-state index >= 15 is 0 Å². The summed E-state index contributed by atoms with van der Waals surface area (Å²) in [6.45, 7) is 6.83. The number of carbonyl (C=O) groups is 1. The lowest BCUT2D eigenvalue weighted by Crippen LogP contribution is -2.37. The Balaban J connectivity index is 2.15. The smallest absolute Gasteiger partial charge is 0.294 e. The maximum atomic E-state index is 12.7. The summed E-state index contributed by atoms with van der Waals surface area (Å²) in [4.78, 5) is 31.2. The monoisotopic (exact) mass is 356 g/mol. The van der Waals surface area contributed by atoms with Gasteiger partial charge in [-0.25, -0.2) is 9.67 Å². The fraction of sp³-hybridized carbons (Fsp3) is 0.333. The molecule has 0 aliphatic rings. The van der Waals surface area contributed by atoms with Gasteiger partial charge >= 0.3 is 0 Å². The maximum absolute atomic E-state index is 12.7. The minimum Gasteiger partial charge on any atom is -0.342 e. The van der Waals surface area contributed by atoms with E-state index in [1.54, 1.807) is 4.90 Å². The van der Waals surface area contributed by atoms with Crippen molar-refractivity contribution in [3.8, 4) is 11.3 Å². The van der Waals surface area contributed by atoms with Crippen LogP contribution in [0.3, 0.4) is 0 Å². The SMILES string of the molecule is CCN(CC)C(=O)Cn1nc(-c2ccccc2)c2sc(C)nc2c1=O. The number of hydrogen-bond donors (Lipinski definition) is 0. The summed E-state index contributed by atoms with van der Waals surface area (Å²) < 4.78 is 2.00. The van der Waals surface area contributed by atoms with E-state index in [4.69, 9.17) is 0 Å². The van der Waals surface area contributed by atoms with Gasteiger partial charge in [0.2, 0.25) is 5.91 Å². The number of thiazole rings is 1. The van der Waals surface area contributed by atoms with Crippen LogP contribution in [0.15, 0.2) is 35.1 Å². The summed E-state index contributed by atoms with van der Waals surface area (Å²) in [5, 5.41) is 5.31. The predicted molar refractivity (Wildman–Crippen MR) is 99.8 cm³/mol. The Morgan fingerprint density at radius 1 is 1.20 bits per heavy atom. The normalized spacial score (nSPS) is 11.0. The van der Waals surface area contributed by atoms with E-state index in [9.17, 15) is 9.59 Å². The van der Waals surface area contributed by atoms with Crippen LogP contribution in [0.5, 0.6) is 0 Å². The Hall–Kier alpha value is -2.54. The molecule has 0 aliphatic heterocycles. The van der Waals surface area contributed by atoms with E-state index in [1.165, 1.54) is 16.0 Å². The lowest BCUT2D eigenvalue weighted by molar-refractivity contribution is -0.131. The third-order valence-corrected chi connectivity index (χ3v) is 5.03. The fourth-order valence-electron chi connectivity index (χ4n) is 2.76. The van der Waals surface area contributed by atoms with Gasteiger partial charge in [-0.05, 0) is 20.8 Å². The number of rotatable bonds is 5. The van der Waals surface area contributed by atoms with E-state index < -0.39 is 0 Å². The molecule has 0 saturated carbocycles. The van der Waals surface area contributed by atoms with Gasteiger partial charge in [0.05, 0.1) is 9.71 Å². The van der Waals surface area contributed by atoms with Crippen molar-refractivity contribution in [1.82, 2.24) is 19.7 Å². The van der Waals surface area contributed by atoms with Crippen molar-refractivity contribution in [3.05, 3.63) is 45.7 Å². The van der Waals surface area contributed by atoms with Crippen LogP contribution in [0, 0.1) is 6.92 Å². The summed E-state index contributed by atoms with van der Waals surface area (Å²) in [6, 6.07) is 9.66. The molecule has 7 heteroatoms. The molecule has 0 aliphatic carbocycles. The molecular weight excluding hydrogens is 336 g/mol. The van der Waals surface area contributed by atoms with Crippen molar-refractivity contribution < 1.29 is 4.79 Å².